The summed E-state index contributed by atoms with van der Waals surface area (Å²) in [5.41, 5.74) is 1.17. The van der Waals surface area contributed by atoms with Crippen molar-refractivity contribution in [2.45, 2.75) is 13.3 Å². The molecule has 0 saturated heterocycles. The summed E-state index contributed by atoms with van der Waals surface area (Å²) in [5.74, 6) is 3.18. The van der Waals surface area contributed by atoms with Crippen molar-refractivity contribution in [2.24, 2.45) is 0 Å². The van der Waals surface area contributed by atoms with Gasteiger partial charge in [-0.05, 0) is 31.0 Å². The predicted molar refractivity (Wildman–Crippen MR) is 71.5 cm³/mol. The van der Waals surface area contributed by atoms with Gasteiger partial charge in [0.1, 0.15) is 5.75 Å². The highest BCUT2D eigenvalue weighted by molar-refractivity contribution is 5.73. The van der Waals surface area contributed by atoms with Crippen LogP contribution in [-0.2, 0) is 0 Å². The van der Waals surface area contributed by atoms with Gasteiger partial charge < -0.3 is 15.4 Å². The van der Waals surface area contributed by atoms with Crippen LogP contribution >= 0.6 is 0 Å². The Labute approximate surface area is 108 Å². The average molecular weight is 246 g/mol. The van der Waals surface area contributed by atoms with Gasteiger partial charge in [-0.1, -0.05) is 18.1 Å². The van der Waals surface area contributed by atoms with E-state index in [9.17, 15) is 4.79 Å². The molecular weight excluding hydrogens is 228 g/mol. The molecule has 0 saturated carbocycles. The van der Waals surface area contributed by atoms with Crippen LogP contribution in [0.5, 0.6) is 5.75 Å². The van der Waals surface area contributed by atoms with Crippen molar-refractivity contribution in [3.05, 3.63) is 29.8 Å². The third kappa shape index (κ3) is 5.80. The van der Waals surface area contributed by atoms with E-state index in [1.54, 1.807) is 0 Å². The Bertz CT molecular complexity index is 424. The van der Waals surface area contributed by atoms with E-state index in [1.807, 2.05) is 31.2 Å². The molecule has 0 spiro atoms. The molecule has 4 nitrogen and oxygen atoms in total. The molecule has 0 radical (unpaired) electrons. The van der Waals surface area contributed by atoms with Crippen LogP contribution in [0.2, 0.25) is 0 Å². The Balaban J connectivity index is 2.09. The first-order valence-corrected chi connectivity index (χ1v) is 5.87. The molecule has 0 fully saturated rings. The van der Waals surface area contributed by atoms with Gasteiger partial charge in [0.2, 0.25) is 0 Å². The third-order valence-corrected chi connectivity index (χ3v) is 2.22. The van der Waals surface area contributed by atoms with Gasteiger partial charge in [0.05, 0.1) is 13.2 Å². The number of urea groups is 1. The van der Waals surface area contributed by atoms with Gasteiger partial charge >= 0.3 is 6.03 Å². The number of carbonyl (C=O) groups is 1. The van der Waals surface area contributed by atoms with E-state index in [1.165, 1.54) is 5.56 Å². The van der Waals surface area contributed by atoms with E-state index in [4.69, 9.17) is 11.2 Å². The van der Waals surface area contributed by atoms with Crippen LogP contribution in [-0.4, -0.2) is 25.7 Å². The fourth-order valence-electron chi connectivity index (χ4n) is 1.36. The first-order chi connectivity index (χ1) is 8.72. The van der Waals surface area contributed by atoms with Crippen molar-refractivity contribution in [2.75, 3.05) is 19.7 Å². The second kappa shape index (κ2) is 8.02. The molecule has 1 aromatic carbocycles. The molecule has 0 heterocycles. The Morgan fingerprint density at radius 1 is 1.44 bits per heavy atom. The van der Waals surface area contributed by atoms with Gasteiger partial charge in [-0.2, -0.15) is 0 Å². The number of terminal acetylenes is 1. The van der Waals surface area contributed by atoms with Crippen LogP contribution in [0.4, 0.5) is 4.79 Å². The highest BCUT2D eigenvalue weighted by Crippen LogP contribution is 2.12. The van der Waals surface area contributed by atoms with Crippen molar-refractivity contribution in [3.8, 4) is 18.1 Å². The van der Waals surface area contributed by atoms with Crippen LogP contribution in [0, 0.1) is 19.3 Å². The van der Waals surface area contributed by atoms with Crippen LogP contribution < -0.4 is 15.4 Å². The minimum Gasteiger partial charge on any atom is -0.494 e. The zero-order valence-electron chi connectivity index (χ0n) is 10.5. The molecule has 2 N–H and O–H groups in total. The van der Waals surface area contributed by atoms with Crippen LogP contribution in [0.25, 0.3) is 0 Å². The maximum Gasteiger partial charge on any atom is 0.315 e. The van der Waals surface area contributed by atoms with Crippen molar-refractivity contribution in [3.63, 3.8) is 0 Å². The number of ether oxygens (including phenoxy) is 1. The summed E-state index contributed by atoms with van der Waals surface area (Å²) in [6, 6.07) is 7.62. The molecule has 0 aromatic heterocycles. The number of hydrogen-bond acceptors (Lipinski definition) is 2. The number of hydrogen-bond donors (Lipinski definition) is 2. The van der Waals surface area contributed by atoms with E-state index in [2.05, 4.69) is 16.6 Å². The lowest BCUT2D eigenvalue weighted by Gasteiger charge is -2.08. The quantitative estimate of drug-likeness (QED) is 0.593. The maximum atomic E-state index is 11.1. The summed E-state index contributed by atoms with van der Waals surface area (Å²) >= 11 is 0. The van der Waals surface area contributed by atoms with Gasteiger partial charge in [0.25, 0.3) is 0 Å². The first-order valence-electron chi connectivity index (χ1n) is 5.87. The number of rotatable bonds is 6. The first kappa shape index (κ1) is 13.9. The molecule has 0 bridgehead atoms. The minimum absolute atomic E-state index is 0.242. The van der Waals surface area contributed by atoms with Crippen molar-refractivity contribution < 1.29 is 9.53 Å². The standard InChI is InChI=1S/C14H18N2O2/c1-3-8-15-14(17)16-9-5-10-18-13-7-4-6-12(2)11-13/h1,4,6-7,11H,5,8-10H2,2H3,(H2,15,16,17). The van der Waals surface area contributed by atoms with Gasteiger partial charge in [-0.15, -0.1) is 6.42 Å². The summed E-state index contributed by atoms with van der Waals surface area (Å²) in [7, 11) is 0. The zero-order valence-corrected chi connectivity index (χ0v) is 10.5. The highest BCUT2D eigenvalue weighted by atomic mass is 16.5. The molecular formula is C14H18N2O2. The van der Waals surface area contributed by atoms with Crippen molar-refractivity contribution in [1.29, 1.82) is 0 Å². The van der Waals surface area contributed by atoms with E-state index in [-0.39, 0.29) is 12.6 Å². The lowest BCUT2D eigenvalue weighted by atomic mass is 10.2. The number of amides is 2. The van der Waals surface area contributed by atoms with E-state index in [0.29, 0.717) is 13.2 Å². The third-order valence-electron chi connectivity index (χ3n) is 2.22. The van der Waals surface area contributed by atoms with E-state index >= 15 is 0 Å². The molecule has 18 heavy (non-hydrogen) atoms. The maximum absolute atomic E-state index is 11.1. The largest absolute Gasteiger partial charge is 0.494 e. The molecule has 96 valence electrons. The Hall–Kier alpha value is -2.15. The smallest absolute Gasteiger partial charge is 0.315 e. The Morgan fingerprint density at radius 3 is 3.00 bits per heavy atom. The lowest BCUT2D eigenvalue weighted by molar-refractivity contribution is 0.240. The topological polar surface area (TPSA) is 50.4 Å². The Morgan fingerprint density at radius 2 is 2.28 bits per heavy atom. The molecule has 1 aromatic rings. The molecule has 1 rings (SSSR count). The van der Waals surface area contributed by atoms with Gasteiger partial charge in [0, 0.05) is 6.54 Å². The second-order valence-corrected chi connectivity index (χ2v) is 3.83. The molecule has 0 aliphatic carbocycles. The Kier molecular flexibility index (Phi) is 6.20. The predicted octanol–water partition coefficient (Wildman–Crippen LogP) is 1.70. The summed E-state index contributed by atoms with van der Waals surface area (Å²) in [6.07, 6.45) is 5.76. The normalized spacial score (nSPS) is 9.33. The van der Waals surface area contributed by atoms with Crippen LogP contribution in [0.1, 0.15) is 12.0 Å². The molecule has 0 unspecified atom stereocenters. The number of carbonyl (C=O) groups excluding carboxylic acids is 1. The minimum atomic E-state index is -0.247. The highest BCUT2D eigenvalue weighted by Gasteiger charge is 1.97. The molecule has 2 amide bonds. The summed E-state index contributed by atoms with van der Waals surface area (Å²) in [4.78, 5) is 11.1. The zero-order chi connectivity index (χ0) is 13.2. The van der Waals surface area contributed by atoms with Crippen molar-refractivity contribution >= 4 is 6.03 Å². The summed E-state index contributed by atoms with van der Waals surface area (Å²) in [5, 5.41) is 5.21. The van der Waals surface area contributed by atoms with Gasteiger partial charge in [-0.3, -0.25) is 0 Å². The molecule has 0 atom stereocenters. The molecule has 0 aliphatic heterocycles. The molecule has 4 heteroatoms. The monoisotopic (exact) mass is 246 g/mol. The van der Waals surface area contributed by atoms with E-state index in [0.717, 1.165) is 12.2 Å². The average Bonchev–Trinajstić information content (AvgIpc) is 2.36. The van der Waals surface area contributed by atoms with Gasteiger partial charge in [-0.25, -0.2) is 4.79 Å². The van der Waals surface area contributed by atoms with E-state index < -0.39 is 0 Å². The number of aryl methyl sites for hydroxylation is 1. The number of benzene rings is 1. The SMILES string of the molecule is C#CCNC(=O)NCCCOc1cccc(C)c1. The van der Waals surface area contributed by atoms with Gasteiger partial charge in [0.15, 0.2) is 0 Å². The van der Waals surface area contributed by atoms with Crippen LogP contribution in [0.3, 0.4) is 0 Å². The fourth-order valence-corrected chi connectivity index (χ4v) is 1.36. The van der Waals surface area contributed by atoms with Crippen LogP contribution in [0.15, 0.2) is 24.3 Å². The number of nitrogens with one attached hydrogen (secondary N) is 2. The second-order valence-electron chi connectivity index (χ2n) is 3.83. The molecule has 0 aliphatic rings. The lowest BCUT2D eigenvalue weighted by Crippen LogP contribution is -2.36. The fraction of sp³-hybridized carbons (Fsp3) is 0.357. The van der Waals surface area contributed by atoms with Crippen molar-refractivity contribution in [1.82, 2.24) is 10.6 Å². The summed E-state index contributed by atoms with van der Waals surface area (Å²) < 4.78 is 5.55. The summed E-state index contributed by atoms with van der Waals surface area (Å²) in [6.45, 7) is 3.39.